The molecule has 7 heteroatoms. The van der Waals surface area contributed by atoms with E-state index in [0.29, 0.717) is 17.8 Å². The van der Waals surface area contributed by atoms with Crippen LogP contribution >= 0.6 is 11.3 Å². The molecule has 2 aromatic heterocycles. The van der Waals surface area contributed by atoms with E-state index in [-0.39, 0.29) is 11.6 Å². The molecule has 23 heavy (non-hydrogen) atoms. The van der Waals surface area contributed by atoms with Crippen molar-refractivity contribution in [3.05, 3.63) is 64.6 Å². The van der Waals surface area contributed by atoms with E-state index < -0.39 is 5.97 Å². The lowest BCUT2D eigenvalue weighted by Crippen LogP contribution is -2.13. The van der Waals surface area contributed by atoms with Crippen LogP contribution in [0.3, 0.4) is 0 Å². The SMILES string of the molecule is O=C(Cc1ccsc1)Nc1ccc(-n2ccc(C(=O)O)n2)cc1. The average Bonchev–Trinajstić information content (AvgIpc) is 3.19. The van der Waals surface area contributed by atoms with Crippen molar-refractivity contribution in [1.82, 2.24) is 9.78 Å². The third-order valence-corrected chi connectivity index (χ3v) is 3.90. The molecule has 0 aliphatic rings. The maximum atomic E-state index is 11.9. The quantitative estimate of drug-likeness (QED) is 0.755. The van der Waals surface area contributed by atoms with Crippen molar-refractivity contribution < 1.29 is 14.7 Å². The lowest BCUT2D eigenvalue weighted by molar-refractivity contribution is -0.115. The Labute approximate surface area is 136 Å². The molecule has 0 unspecified atom stereocenters. The van der Waals surface area contributed by atoms with Crippen LogP contribution in [0.4, 0.5) is 5.69 Å². The highest BCUT2D eigenvalue weighted by molar-refractivity contribution is 7.08. The third-order valence-electron chi connectivity index (χ3n) is 3.17. The number of anilines is 1. The molecular weight excluding hydrogens is 314 g/mol. The number of hydrogen-bond acceptors (Lipinski definition) is 4. The van der Waals surface area contributed by atoms with Crippen molar-refractivity contribution in [3.8, 4) is 5.69 Å². The van der Waals surface area contributed by atoms with E-state index in [9.17, 15) is 9.59 Å². The Hall–Kier alpha value is -2.93. The van der Waals surface area contributed by atoms with Gasteiger partial charge in [0.05, 0.1) is 12.1 Å². The van der Waals surface area contributed by atoms with E-state index >= 15 is 0 Å². The maximum Gasteiger partial charge on any atom is 0.356 e. The molecular formula is C16H13N3O3S. The summed E-state index contributed by atoms with van der Waals surface area (Å²) in [6.45, 7) is 0. The minimum atomic E-state index is -1.07. The van der Waals surface area contributed by atoms with Crippen LogP contribution in [0.15, 0.2) is 53.4 Å². The summed E-state index contributed by atoms with van der Waals surface area (Å²) < 4.78 is 1.47. The van der Waals surface area contributed by atoms with Gasteiger partial charge in [-0.05, 0) is 52.7 Å². The molecule has 116 valence electrons. The van der Waals surface area contributed by atoms with Crippen LogP contribution in [0.5, 0.6) is 0 Å². The molecule has 2 heterocycles. The number of nitrogens with one attached hydrogen (secondary N) is 1. The Morgan fingerprint density at radius 2 is 1.96 bits per heavy atom. The first-order chi connectivity index (χ1) is 11.1. The zero-order valence-electron chi connectivity index (χ0n) is 12.0. The summed E-state index contributed by atoms with van der Waals surface area (Å²) in [5.41, 5.74) is 2.37. The van der Waals surface area contributed by atoms with Gasteiger partial charge in [0, 0.05) is 11.9 Å². The van der Waals surface area contributed by atoms with Crippen molar-refractivity contribution in [2.75, 3.05) is 5.32 Å². The van der Waals surface area contributed by atoms with Gasteiger partial charge < -0.3 is 10.4 Å². The zero-order valence-corrected chi connectivity index (χ0v) is 12.8. The molecule has 6 nitrogen and oxygen atoms in total. The molecule has 0 saturated heterocycles. The van der Waals surface area contributed by atoms with Crippen molar-refractivity contribution in [2.24, 2.45) is 0 Å². The minimum Gasteiger partial charge on any atom is -0.476 e. The highest BCUT2D eigenvalue weighted by Crippen LogP contribution is 2.14. The number of rotatable bonds is 5. The lowest BCUT2D eigenvalue weighted by Gasteiger charge is -2.06. The van der Waals surface area contributed by atoms with Crippen LogP contribution < -0.4 is 5.32 Å². The van der Waals surface area contributed by atoms with Crippen LogP contribution in [0.2, 0.25) is 0 Å². The molecule has 0 radical (unpaired) electrons. The van der Waals surface area contributed by atoms with Crippen LogP contribution in [0, 0.1) is 0 Å². The Kier molecular flexibility index (Phi) is 4.20. The van der Waals surface area contributed by atoms with Gasteiger partial charge in [0.2, 0.25) is 5.91 Å². The molecule has 0 fully saturated rings. The maximum absolute atomic E-state index is 11.9. The highest BCUT2D eigenvalue weighted by atomic mass is 32.1. The summed E-state index contributed by atoms with van der Waals surface area (Å²) in [6, 6.07) is 10.4. The van der Waals surface area contributed by atoms with Gasteiger partial charge in [0.15, 0.2) is 5.69 Å². The Morgan fingerprint density at radius 1 is 1.17 bits per heavy atom. The molecule has 3 aromatic rings. The molecule has 0 saturated carbocycles. The number of carboxylic acids is 1. The molecule has 1 amide bonds. The van der Waals surface area contributed by atoms with E-state index in [2.05, 4.69) is 10.4 Å². The first-order valence-corrected chi connectivity index (χ1v) is 7.76. The van der Waals surface area contributed by atoms with Gasteiger partial charge >= 0.3 is 5.97 Å². The van der Waals surface area contributed by atoms with Gasteiger partial charge in [-0.1, -0.05) is 0 Å². The standard InChI is InChI=1S/C16H13N3O3S/c20-15(9-11-6-8-23-10-11)17-12-1-3-13(4-2-12)19-7-5-14(18-19)16(21)22/h1-8,10H,9H2,(H,17,20)(H,21,22). The summed E-state index contributed by atoms with van der Waals surface area (Å²) in [5, 5.41) is 19.5. The normalized spacial score (nSPS) is 10.4. The van der Waals surface area contributed by atoms with Crippen LogP contribution in [-0.2, 0) is 11.2 Å². The van der Waals surface area contributed by atoms with Crippen molar-refractivity contribution in [3.63, 3.8) is 0 Å². The number of nitrogens with zero attached hydrogens (tertiary/aromatic N) is 2. The number of aromatic carboxylic acids is 1. The summed E-state index contributed by atoms with van der Waals surface area (Å²) >= 11 is 1.56. The Morgan fingerprint density at radius 3 is 2.57 bits per heavy atom. The number of carboxylic acid groups (broad SMARTS) is 1. The first-order valence-electron chi connectivity index (χ1n) is 6.82. The van der Waals surface area contributed by atoms with Crippen molar-refractivity contribution in [1.29, 1.82) is 0 Å². The summed E-state index contributed by atoms with van der Waals surface area (Å²) in [7, 11) is 0. The fraction of sp³-hybridized carbons (Fsp3) is 0.0625. The van der Waals surface area contributed by atoms with E-state index in [0.717, 1.165) is 5.56 Å². The van der Waals surface area contributed by atoms with Gasteiger partial charge in [0.1, 0.15) is 0 Å². The molecule has 3 rings (SSSR count). The Balaban J connectivity index is 1.66. The molecule has 1 aromatic carbocycles. The molecule has 0 aliphatic heterocycles. The van der Waals surface area contributed by atoms with E-state index in [4.69, 9.17) is 5.11 Å². The van der Waals surface area contributed by atoms with Crippen molar-refractivity contribution >= 4 is 28.9 Å². The monoisotopic (exact) mass is 327 g/mol. The average molecular weight is 327 g/mol. The zero-order chi connectivity index (χ0) is 16.2. The number of thiophene rings is 1. The topological polar surface area (TPSA) is 84.2 Å². The number of benzene rings is 1. The summed E-state index contributed by atoms with van der Waals surface area (Å²) in [5.74, 6) is -1.15. The van der Waals surface area contributed by atoms with Gasteiger partial charge in [-0.2, -0.15) is 16.4 Å². The minimum absolute atomic E-state index is 0.0156. The van der Waals surface area contributed by atoms with Crippen molar-refractivity contribution in [2.45, 2.75) is 6.42 Å². The Bertz CT molecular complexity index is 823. The smallest absolute Gasteiger partial charge is 0.356 e. The third kappa shape index (κ3) is 3.64. The van der Waals surface area contributed by atoms with Crippen LogP contribution in [0.1, 0.15) is 16.1 Å². The fourth-order valence-electron chi connectivity index (χ4n) is 2.06. The van der Waals surface area contributed by atoms with Crippen LogP contribution in [-0.4, -0.2) is 26.8 Å². The fourth-order valence-corrected chi connectivity index (χ4v) is 2.73. The van der Waals surface area contributed by atoms with E-state index in [1.807, 2.05) is 16.8 Å². The second kappa shape index (κ2) is 6.45. The number of hydrogen-bond donors (Lipinski definition) is 2. The second-order valence-electron chi connectivity index (χ2n) is 4.85. The predicted molar refractivity (Wildman–Crippen MR) is 87.2 cm³/mol. The summed E-state index contributed by atoms with van der Waals surface area (Å²) in [6.07, 6.45) is 1.92. The number of amides is 1. The molecule has 0 atom stereocenters. The highest BCUT2D eigenvalue weighted by Gasteiger charge is 2.08. The molecule has 0 spiro atoms. The predicted octanol–water partition coefficient (Wildman–Crippen LogP) is 2.81. The van der Waals surface area contributed by atoms with E-state index in [1.165, 1.54) is 10.7 Å². The van der Waals surface area contributed by atoms with Gasteiger partial charge in [-0.3, -0.25) is 4.79 Å². The number of carbonyl (C=O) groups excluding carboxylic acids is 1. The molecule has 2 N–H and O–H groups in total. The van der Waals surface area contributed by atoms with Gasteiger partial charge in [-0.15, -0.1) is 0 Å². The van der Waals surface area contributed by atoms with Crippen LogP contribution in [0.25, 0.3) is 5.69 Å². The van der Waals surface area contributed by atoms with E-state index in [1.54, 1.807) is 41.8 Å². The summed E-state index contributed by atoms with van der Waals surface area (Å²) in [4.78, 5) is 22.8. The second-order valence-corrected chi connectivity index (χ2v) is 5.63. The number of carbonyl (C=O) groups is 2. The van der Waals surface area contributed by atoms with Gasteiger partial charge in [0.25, 0.3) is 0 Å². The number of aromatic nitrogens is 2. The molecule has 0 bridgehead atoms. The molecule has 0 aliphatic carbocycles. The largest absolute Gasteiger partial charge is 0.476 e. The first kappa shape index (κ1) is 15.0. The lowest BCUT2D eigenvalue weighted by atomic mass is 10.2. The van der Waals surface area contributed by atoms with Gasteiger partial charge in [-0.25, -0.2) is 9.48 Å².